The van der Waals surface area contributed by atoms with Crippen LogP contribution in [0.2, 0.25) is 0 Å². The first-order chi connectivity index (χ1) is 6.77. The second-order valence-electron chi connectivity index (χ2n) is 4.53. The lowest BCUT2D eigenvalue weighted by Gasteiger charge is -2.30. The summed E-state index contributed by atoms with van der Waals surface area (Å²) in [5.41, 5.74) is 5.89. The van der Waals surface area contributed by atoms with Crippen molar-refractivity contribution in [1.82, 2.24) is 0 Å². The van der Waals surface area contributed by atoms with Crippen molar-refractivity contribution in [1.29, 1.82) is 0 Å². The molecule has 1 aliphatic rings. The Hall–Kier alpha value is 0.310. The highest BCUT2D eigenvalue weighted by atomic mass is 32.2. The molecule has 0 aliphatic heterocycles. The number of hydrogen-bond donors (Lipinski definition) is 1. The summed E-state index contributed by atoms with van der Waals surface area (Å²) >= 11 is 2.13. The van der Waals surface area contributed by atoms with E-state index in [4.69, 9.17) is 5.73 Å². The molecule has 0 aromatic carbocycles. The van der Waals surface area contributed by atoms with Gasteiger partial charge >= 0.3 is 0 Å². The quantitative estimate of drug-likeness (QED) is 0.760. The van der Waals surface area contributed by atoms with Crippen LogP contribution in [0.5, 0.6) is 0 Å². The Morgan fingerprint density at radius 3 is 2.43 bits per heavy atom. The third-order valence-corrected chi connectivity index (χ3v) is 5.11. The van der Waals surface area contributed by atoms with Crippen LogP contribution in [0.15, 0.2) is 0 Å². The maximum atomic E-state index is 5.89. The van der Waals surface area contributed by atoms with E-state index in [9.17, 15) is 0 Å². The van der Waals surface area contributed by atoms with Gasteiger partial charge in [0.15, 0.2) is 0 Å². The van der Waals surface area contributed by atoms with Crippen molar-refractivity contribution in [2.45, 2.75) is 62.9 Å². The lowest BCUT2D eigenvalue weighted by atomic mass is 9.87. The minimum atomic E-state index is 0.727. The van der Waals surface area contributed by atoms with Gasteiger partial charge in [-0.05, 0) is 25.2 Å². The van der Waals surface area contributed by atoms with Gasteiger partial charge in [-0.15, -0.1) is 0 Å². The summed E-state index contributed by atoms with van der Waals surface area (Å²) in [6.45, 7) is 5.47. The molecule has 14 heavy (non-hydrogen) atoms. The smallest absolute Gasteiger partial charge is 0.0201 e. The molecular weight excluding hydrogens is 190 g/mol. The van der Waals surface area contributed by atoms with Gasteiger partial charge in [0, 0.05) is 17.0 Å². The van der Waals surface area contributed by atoms with E-state index in [1.54, 1.807) is 0 Å². The van der Waals surface area contributed by atoms with Gasteiger partial charge in [0.05, 0.1) is 0 Å². The molecule has 1 aliphatic carbocycles. The van der Waals surface area contributed by atoms with Crippen LogP contribution in [0.1, 0.15) is 52.4 Å². The van der Waals surface area contributed by atoms with Gasteiger partial charge in [0.25, 0.3) is 0 Å². The van der Waals surface area contributed by atoms with Crippen LogP contribution >= 0.6 is 11.8 Å². The zero-order valence-corrected chi connectivity index (χ0v) is 10.5. The molecule has 1 saturated carbocycles. The highest BCUT2D eigenvalue weighted by Gasteiger charge is 2.23. The lowest BCUT2D eigenvalue weighted by molar-refractivity contribution is 0.350. The fraction of sp³-hybridized carbons (Fsp3) is 1.00. The van der Waals surface area contributed by atoms with Crippen LogP contribution in [0.4, 0.5) is 0 Å². The molecule has 2 unspecified atom stereocenters. The van der Waals surface area contributed by atoms with E-state index in [1.165, 1.54) is 38.5 Å². The fourth-order valence-corrected chi connectivity index (χ4v) is 3.65. The first kappa shape index (κ1) is 12.4. The molecule has 2 N–H and O–H groups in total. The van der Waals surface area contributed by atoms with E-state index in [0.29, 0.717) is 0 Å². The van der Waals surface area contributed by atoms with Crippen molar-refractivity contribution in [3.8, 4) is 0 Å². The largest absolute Gasteiger partial charge is 0.329 e. The zero-order chi connectivity index (χ0) is 10.4. The maximum Gasteiger partial charge on any atom is 0.0201 e. The van der Waals surface area contributed by atoms with Gasteiger partial charge in [0.1, 0.15) is 0 Å². The zero-order valence-electron chi connectivity index (χ0n) is 9.67. The Balaban J connectivity index is 2.35. The SMILES string of the molecule is CCC(C)SC(CN)C1CCCCC1. The van der Waals surface area contributed by atoms with Crippen molar-refractivity contribution < 1.29 is 0 Å². The average molecular weight is 215 g/mol. The van der Waals surface area contributed by atoms with Crippen molar-refractivity contribution in [2.24, 2.45) is 11.7 Å². The summed E-state index contributed by atoms with van der Waals surface area (Å²) in [6.07, 6.45) is 8.43. The molecular formula is C12H25NS. The minimum Gasteiger partial charge on any atom is -0.329 e. The summed E-state index contributed by atoms with van der Waals surface area (Å²) in [7, 11) is 0. The molecule has 2 heteroatoms. The maximum absolute atomic E-state index is 5.89. The van der Waals surface area contributed by atoms with Crippen LogP contribution in [-0.4, -0.2) is 17.0 Å². The Morgan fingerprint density at radius 2 is 1.93 bits per heavy atom. The molecule has 1 fully saturated rings. The topological polar surface area (TPSA) is 26.0 Å². The summed E-state index contributed by atoms with van der Waals surface area (Å²) in [5, 5.41) is 1.51. The van der Waals surface area contributed by atoms with E-state index >= 15 is 0 Å². The van der Waals surface area contributed by atoms with Gasteiger partial charge < -0.3 is 5.73 Å². The number of nitrogens with two attached hydrogens (primary N) is 1. The molecule has 0 heterocycles. The molecule has 1 nitrogen and oxygen atoms in total. The fourth-order valence-electron chi connectivity index (χ4n) is 2.26. The molecule has 0 aromatic heterocycles. The normalized spacial score (nSPS) is 23.4. The van der Waals surface area contributed by atoms with Gasteiger partial charge in [-0.1, -0.05) is 33.1 Å². The van der Waals surface area contributed by atoms with E-state index in [2.05, 4.69) is 25.6 Å². The summed E-state index contributed by atoms with van der Waals surface area (Å²) < 4.78 is 0. The van der Waals surface area contributed by atoms with Gasteiger partial charge in [-0.2, -0.15) is 11.8 Å². The molecule has 84 valence electrons. The minimum absolute atomic E-state index is 0.727. The molecule has 0 amide bonds. The molecule has 0 radical (unpaired) electrons. The van der Waals surface area contributed by atoms with E-state index in [-0.39, 0.29) is 0 Å². The first-order valence-corrected chi connectivity index (χ1v) is 7.07. The molecule has 0 saturated heterocycles. The monoisotopic (exact) mass is 215 g/mol. The summed E-state index contributed by atoms with van der Waals surface area (Å²) in [5.74, 6) is 0.910. The second-order valence-corrected chi connectivity index (χ2v) is 6.21. The van der Waals surface area contributed by atoms with Crippen LogP contribution in [-0.2, 0) is 0 Å². The predicted octanol–water partition coefficient (Wildman–Crippen LogP) is 3.43. The Bertz CT molecular complexity index is 143. The second kappa shape index (κ2) is 6.73. The molecule has 0 spiro atoms. The third kappa shape index (κ3) is 3.82. The highest BCUT2D eigenvalue weighted by Crippen LogP contribution is 2.34. The lowest BCUT2D eigenvalue weighted by Crippen LogP contribution is -2.29. The van der Waals surface area contributed by atoms with Crippen LogP contribution in [0, 0.1) is 5.92 Å². The highest BCUT2D eigenvalue weighted by molar-refractivity contribution is 8.00. The molecule has 0 bridgehead atoms. The number of hydrogen-bond acceptors (Lipinski definition) is 2. The Morgan fingerprint density at radius 1 is 1.29 bits per heavy atom. The number of rotatable bonds is 5. The van der Waals surface area contributed by atoms with Gasteiger partial charge in [0.2, 0.25) is 0 Å². The van der Waals surface area contributed by atoms with Crippen molar-refractivity contribution >= 4 is 11.8 Å². The van der Waals surface area contributed by atoms with Gasteiger partial charge in [-0.25, -0.2) is 0 Å². The van der Waals surface area contributed by atoms with Crippen LogP contribution in [0.3, 0.4) is 0 Å². The predicted molar refractivity (Wildman–Crippen MR) is 66.8 cm³/mol. The van der Waals surface area contributed by atoms with Crippen molar-refractivity contribution in [3.63, 3.8) is 0 Å². The Kier molecular flexibility index (Phi) is 5.95. The van der Waals surface area contributed by atoms with Crippen LogP contribution < -0.4 is 5.73 Å². The van der Waals surface area contributed by atoms with E-state index in [1.807, 2.05) is 0 Å². The van der Waals surface area contributed by atoms with Crippen LogP contribution in [0.25, 0.3) is 0 Å². The van der Waals surface area contributed by atoms with Crippen molar-refractivity contribution in [3.05, 3.63) is 0 Å². The van der Waals surface area contributed by atoms with Crippen molar-refractivity contribution in [2.75, 3.05) is 6.54 Å². The summed E-state index contributed by atoms with van der Waals surface area (Å²) in [6, 6.07) is 0. The van der Waals surface area contributed by atoms with Gasteiger partial charge in [-0.3, -0.25) is 0 Å². The van der Waals surface area contributed by atoms with E-state index in [0.717, 1.165) is 23.0 Å². The molecule has 2 atom stereocenters. The third-order valence-electron chi connectivity index (χ3n) is 3.39. The van der Waals surface area contributed by atoms with E-state index < -0.39 is 0 Å². The average Bonchev–Trinajstić information content (AvgIpc) is 2.26. The standard InChI is InChI=1S/C12H25NS/c1-3-10(2)14-12(9-13)11-7-5-4-6-8-11/h10-12H,3-9,13H2,1-2H3. The molecule has 0 aromatic rings. The number of thioether (sulfide) groups is 1. The Labute approximate surface area is 93.2 Å². The summed E-state index contributed by atoms with van der Waals surface area (Å²) in [4.78, 5) is 0. The molecule has 1 rings (SSSR count). The first-order valence-electron chi connectivity index (χ1n) is 6.13.